The molecule has 6 N–H and O–H groups in total. The second-order valence-electron chi connectivity index (χ2n) is 4.00. The van der Waals surface area contributed by atoms with Crippen molar-refractivity contribution < 1.29 is 45.1 Å². The predicted molar refractivity (Wildman–Crippen MR) is 81.3 cm³/mol. The summed E-state index contributed by atoms with van der Waals surface area (Å²) in [7, 11) is 0. The molecule has 0 unspecified atom stereocenters. The molecule has 0 bridgehead atoms. The summed E-state index contributed by atoms with van der Waals surface area (Å²) in [5, 5.41) is 34.5. The van der Waals surface area contributed by atoms with Gasteiger partial charge in [0.2, 0.25) is 0 Å². The molecule has 126 valence electrons. The van der Waals surface area contributed by atoms with Gasteiger partial charge in [-0.1, -0.05) is 0 Å². The van der Waals surface area contributed by atoms with Crippen LogP contribution in [0.2, 0.25) is 0 Å². The number of nitrogens with zero attached hydrogens (tertiary/aromatic N) is 2. The number of carboxylic acids is 4. The van der Waals surface area contributed by atoms with Crippen molar-refractivity contribution >= 4 is 127 Å². The third-order valence-corrected chi connectivity index (χ3v) is 2.17. The van der Waals surface area contributed by atoms with E-state index in [9.17, 15) is 19.2 Å². The molecule has 0 spiro atoms. The van der Waals surface area contributed by atoms with Crippen LogP contribution in [-0.2, 0) is 19.2 Å². The number of hydrogen-bond donors (Lipinski definition) is 4. The van der Waals surface area contributed by atoms with E-state index in [0.29, 0.717) is 0 Å². The van der Waals surface area contributed by atoms with Crippen LogP contribution in [-0.4, -0.2) is 202 Å². The molecule has 0 heterocycles. The number of carboxylic acid groups (broad SMARTS) is 4. The number of carbonyl (C=O) groups is 4. The molecule has 0 aromatic rings. The van der Waals surface area contributed by atoms with Crippen LogP contribution in [0.15, 0.2) is 0 Å². The SMILES string of the molecule is O.O=C(O)CN(CCN(CC(=O)O)CC(=O)O)CC(=O)O.[KH].[KH]. The van der Waals surface area contributed by atoms with E-state index in [1.807, 2.05) is 0 Å². The third-order valence-electron chi connectivity index (χ3n) is 2.17. The molecule has 11 nitrogen and oxygen atoms in total. The van der Waals surface area contributed by atoms with Gasteiger partial charge in [0, 0.05) is 13.1 Å². The van der Waals surface area contributed by atoms with Crippen molar-refractivity contribution in [2.75, 3.05) is 39.3 Å². The van der Waals surface area contributed by atoms with E-state index in [4.69, 9.17) is 20.4 Å². The molecule has 0 saturated carbocycles. The summed E-state index contributed by atoms with van der Waals surface area (Å²) in [5.41, 5.74) is 0. The molecule has 13 heteroatoms. The Labute approximate surface area is 217 Å². The van der Waals surface area contributed by atoms with E-state index in [-0.39, 0.29) is 121 Å². The van der Waals surface area contributed by atoms with Crippen molar-refractivity contribution in [3.63, 3.8) is 0 Å². The number of aliphatic carboxylic acids is 4. The Morgan fingerprint density at radius 1 is 0.565 bits per heavy atom. The summed E-state index contributed by atoms with van der Waals surface area (Å²) in [4.78, 5) is 44.4. The Morgan fingerprint density at radius 3 is 0.870 bits per heavy atom. The molecule has 23 heavy (non-hydrogen) atoms. The van der Waals surface area contributed by atoms with E-state index in [0.717, 1.165) is 9.80 Å². The fraction of sp³-hybridized carbons (Fsp3) is 0.600. The second-order valence-corrected chi connectivity index (χ2v) is 4.00. The molecule has 0 atom stereocenters. The maximum atomic E-state index is 10.6. The minimum absolute atomic E-state index is 0. The zero-order valence-electron chi connectivity index (χ0n) is 11.1. The average molecular weight is 390 g/mol. The zero-order chi connectivity index (χ0) is 15.7. The predicted octanol–water partition coefficient (Wildman–Crippen LogP) is -4.19. The summed E-state index contributed by atoms with van der Waals surface area (Å²) in [6, 6.07) is 0. The average Bonchev–Trinajstić information content (AvgIpc) is 2.22. The molecular weight excluding hydrogens is 370 g/mol. The Hall–Kier alpha value is 1.03. The molecule has 0 aliphatic carbocycles. The molecule has 0 saturated heterocycles. The van der Waals surface area contributed by atoms with E-state index >= 15 is 0 Å². The summed E-state index contributed by atoms with van der Waals surface area (Å²) in [5.74, 6) is -4.91. The van der Waals surface area contributed by atoms with Gasteiger partial charge >= 0.3 is 127 Å². The quantitative estimate of drug-likeness (QED) is 0.252. The standard InChI is InChI=1S/C10H16N2O8.2K.H2O.2H/c13-7(14)3-11(4-8(15)16)1-2-12(5-9(17)18)6-10(19)20;;;;;/h1-6H2,(H,13,14)(H,15,16)(H,17,18)(H,19,20);;;1H2;;. The summed E-state index contributed by atoms with van der Waals surface area (Å²) in [6.45, 7) is -2.25. The topological polar surface area (TPSA) is 187 Å². The van der Waals surface area contributed by atoms with Gasteiger partial charge in [0.15, 0.2) is 0 Å². The van der Waals surface area contributed by atoms with Crippen molar-refractivity contribution in [1.29, 1.82) is 0 Å². The van der Waals surface area contributed by atoms with Crippen LogP contribution < -0.4 is 0 Å². The van der Waals surface area contributed by atoms with E-state index in [1.165, 1.54) is 0 Å². The van der Waals surface area contributed by atoms with Gasteiger partial charge in [-0.25, -0.2) is 0 Å². The molecule has 0 rings (SSSR count). The first kappa shape index (κ1) is 31.8. The fourth-order valence-electron chi connectivity index (χ4n) is 1.48. The fourth-order valence-corrected chi connectivity index (χ4v) is 1.48. The Balaban J connectivity index is -0.000000602. The van der Waals surface area contributed by atoms with Crippen molar-refractivity contribution in [1.82, 2.24) is 9.80 Å². The monoisotopic (exact) mass is 390 g/mol. The first-order chi connectivity index (χ1) is 9.20. The molecule has 0 aromatic carbocycles. The first-order valence-electron chi connectivity index (χ1n) is 5.52. The van der Waals surface area contributed by atoms with Gasteiger partial charge in [0.25, 0.3) is 0 Å². The Kier molecular flexibility index (Phi) is 24.6. The van der Waals surface area contributed by atoms with Crippen LogP contribution in [0.25, 0.3) is 0 Å². The molecular formula is C10H20K2N2O9. The van der Waals surface area contributed by atoms with Gasteiger partial charge in [0.05, 0.1) is 26.2 Å². The summed E-state index contributed by atoms with van der Waals surface area (Å²) in [6.07, 6.45) is 0. The van der Waals surface area contributed by atoms with Gasteiger partial charge in [-0.2, -0.15) is 0 Å². The van der Waals surface area contributed by atoms with Crippen molar-refractivity contribution in [2.45, 2.75) is 0 Å². The van der Waals surface area contributed by atoms with Crippen LogP contribution in [0.1, 0.15) is 0 Å². The van der Waals surface area contributed by atoms with E-state index in [1.54, 1.807) is 0 Å². The molecule has 0 amide bonds. The number of rotatable bonds is 11. The second kappa shape index (κ2) is 17.8. The molecule has 0 aliphatic rings. The van der Waals surface area contributed by atoms with E-state index < -0.39 is 50.1 Å². The zero-order valence-corrected chi connectivity index (χ0v) is 11.1. The number of hydrogen-bond acceptors (Lipinski definition) is 6. The minimum atomic E-state index is -1.23. The molecule has 0 aromatic heterocycles. The first-order valence-corrected chi connectivity index (χ1v) is 5.52. The van der Waals surface area contributed by atoms with Crippen molar-refractivity contribution in [2.24, 2.45) is 0 Å². The third kappa shape index (κ3) is 21.0. The normalized spacial score (nSPS) is 9.30. The molecule has 0 fully saturated rings. The van der Waals surface area contributed by atoms with Crippen LogP contribution >= 0.6 is 0 Å². The van der Waals surface area contributed by atoms with Crippen molar-refractivity contribution in [3.05, 3.63) is 0 Å². The van der Waals surface area contributed by atoms with Crippen molar-refractivity contribution in [3.8, 4) is 0 Å². The van der Waals surface area contributed by atoms with Gasteiger partial charge < -0.3 is 25.9 Å². The summed E-state index contributed by atoms with van der Waals surface area (Å²) < 4.78 is 0. The van der Waals surface area contributed by atoms with Gasteiger partial charge in [-0.15, -0.1) is 0 Å². The van der Waals surface area contributed by atoms with Gasteiger partial charge in [0.1, 0.15) is 0 Å². The summed E-state index contributed by atoms with van der Waals surface area (Å²) >= 11 is 0. The molecule has 0 aliphatic heterocycles. The Morgan fingerprint density at radius 2 is 0.739 bits per heavy atom. The molecule has 0 radical (unpaired) electrons. The van der Waals surface area contributed by atoms with Crippen LogP contribution in [0.3, 0.4) is 0 Å². The Bertz CT molecular complexity index is 327. The van der Waals surface area contributed by atoms with E-state index in [2.05, 4.69) is 0 Å². The van der Waals surface area contributed by atoms with Gasteiger partial charge in [-0.05, 0) is 0 Å². The van der Waals surface area contributed by atoms with Gasteiger partial charge in [-0.3, -0.25) is 29.0 Å². The van der Waals surface area contributed by atoms with Crippen LogP contribution in [0.4, 0.5) is 0 Å². The maximum absolute atomic E-state index is 10.6. The van der Waals surface area contributed by atoms with Crippen LogP contribution in [0.5, 0.6) is 0 Å². The van der Waals surface area contributed by atoms with Crippen LogP contribution in [0, 0.1) is 0 Å².